The molecule has 0 amide bonds. The van der Waals surface area contributed by atoms with Crippen molar-refractivity contribution in [3.63, 3.8) is 0 Å². The van der Waals surface area contributed by atoms with Gasteiger partial charge in [-0.05, 0) is 18.6 Å². The Labute approximate surface area is 92.7 Å². The lowest BCUT2D eigenvalue weighted by atomic mass is 10.2. The van der Waals surface area contributed by atoms with Gasteiger partial charge in [0.05, 0.1) is 18.1 Å². The maximum atomic E-state index is 12.9. The van der Waals surface area contributed by atoms with Crippen molar-refractivity contribution in [1.29, 1.82) is 0 Å². The first-order valence-electron chi connectivity index (χ1n) is 4.80. The third-order valence-corrected chi connectivity index (χ3v) is 2.14. The van der Waals surface area contributed by atoms with Gasteiger partial charge in [0.25, 0.3) is 0 Å². The largest absolute Gasteiger partial charge is 0.453 e. The van der Waals surface area contributed by atoms with Crippen molar-refractivity contribution in [2.75, 3.05) is 5.73 Å². The Kier molecular flexibility index (Phi) is 2.72. The number of benzene rings is 1. The van der Waals surface area contributed by atoms with E-state index in [0.29, 0.717) is 17.2 Å². The highest BCUT2D eigenvalue weighted by Gasteiger charge is 2.06. The molecular formula is C12H11FN2O. The topological polar surface area (TPSA) is 48.1 Å². The fraction of sp³-hybridized carbons (Fsp3) is 0.0833. The molecule has 0 fully saturated rings. The van der Waals surface area contributed by atoms with Crippen LogP contribution in [-0.2, 0) is 0 Å². The zero-order valence-corrected chi connectivity index (χ0v) is 8.77. The van der Waals surface area contributed by atoms with Gasteiger partial charge in [0.15, 0.2) is 5.75 Å². The van der Waals surface area contributed by atoms with Crippen LogP contribution in [0.4, 0.5) is 10.1 Å². The average molecular weight is 218 g/mol. The van der Waals surface area contributed by atoms with E-state index in [4.69, 9.17) is 10.5 Å². The molecule has 0 aliphatic rings. The summed E-state index contributed by atoms with van der Waals surface area (Å²) in [7, 11) is 0. The van der Waals surface area contributed by atoms with Gasteiger partial charge in [-0.1, -0.05) is 12.1 Å². The van der Waals surface area contributed by atoms with Crippen LogP contribution in [0.3, 0.4) is 0 Å². The minimum Gasteiger partial charge on any atom is -0.453 e. The third-order valence-electron chi connectivity index (χ3n) is 2.14. The molecule has 3 nitrogen and oxygen atoms in total. The molecule has 0 spiro atoms. The molecular weight excluding hydrogens is 207 g/mol. The van der Waals surface area contributed by atoms with Crippen molar-refractivity contribution in [3.05, 3.63) is 48.0 Å². The molecule has 2 N–H and O–H groups in total. The van der Waals surface area contributed by atoms with E-state index in [2.05, 4.69) is 4.98 Å². The van der Waals surface area contributed by atoms with Crippen LogP contribution in [0.2, 0.25) is 0 Å². The highest BCUT2D eigenvalue weighted by molar-refractivity contribution is 5.57. The average Bonchev–Trinajstić information content (AvgIpc) is 2.24. The second kappa shape index (κ2) is 4.18. The second-order valence-electron chi connectivity index (χ2n) is 3.43. The molecule has 0 aliphatic heterocycles. The van der Waals surface area contributed by atoms with Crippen LogP contribution < -0.4 is 10.5 Å². The van der Waals surface area contributed by atoms with Gasteiger partial charge in [0.2, 0.25) is 0 Å². The molecule has 0 aliphatic carbocycles. The minimum absolute atomic E-state index is 0.334. The molecule has 0 radical (unpaired) electrons. The molecule has 4 heteroatoms. The van der Waals surface area contributed by atoms with Crippen LogP contribution in [0.1, 0.15) is 5.56 Å². The molecule has 0 unspecified atom stereocenters. The predicted molar refractivity (Wildman–Crippen MR) is 59.9 cm³/mol. The van der Waals surface area contributed by atoms with Crippen LogP contribution in [0.15, 0.2) is 36.7 Å². The van der Waals surface area contributed by atoms with E-state index >= 15 is 0 Å². The van der Waals surface area contributed by atoms with E-state index in [1.807, 2.05) is 19.1 Å². The number of halogens is 1. The van der Waals surface area contributed by atoms with Crippen LogP contribution in [0, 0.1) is 12.7 Å². The lowest BCUT2D eigenvalue weighted by Gasteiger charge is -2.10. The van der Waals surface area contributed by atoms with Gasteiger partial charge >= 0.3 is 0 Å². The number of aromatic nitrogens is 1. The highest BCUT2D eigenvalue weighted by atomic mass is 19.1. The van der Waals surface area contributed by atoms with E-state index in [1.165, 1.54) is 12.3 Å². The monoisotopic (exact) mass is 218 g/mol. The number of pyridine rings is 1. The number of anilines is 1. The molecule has 1 aromatic heterocycles. The smallest absolute Gasteiger partial charge is 0.153 e. The normalized spacial score (nSPS) is 10.1. The van der Waals surface area contributed by atoms with E-state index in [1.54, 1.807) is 6.07 Å². The van der Waals surface area contributed by atoms with Gasteiger partial charge < -0.3 is 10.5 Å². The quantitative estimate of drug-likeness (QED) is 0.788. The molecule has 1 aromatic carbocycles. The Morgan fingerprint density at radius 2 is 2.12 bits per heavy atom. The van der Waals surface area contributed by atoms with Gasteiger partial charge in [-0.15, -0.1) is 0 Å². The van der Waals surface area contributed by atoms with Gasteiger partial charge in [-0.25, -0.2) is 4.39 Å². The Balaban J connectivity index is 2.34. The van der Waals surface area contributed by atoms with Crippen molar-refractivity contribution in [2.45, 2.75) is 6.92 Å². The zero-order valence-electron chi connectivity index (χ0n) is 8.77. The summed E-state index contributed by atoms with van der Waals surface area (Å²) in [6, 6.07) is 6.70. The van der Waals surface area contributed by atoms with E-state index in [-0.39, 0.29) is 0 Å². The summed E-state index contributed by atoms with van der Waals surface area (Å²) in [5, 5.41) is 0. The van der Waals surface area contributed by atoms with Crippen molar-refractivity contribution in [2.24, 2.45) is 0 Å². The van der Waals surface area contributed by atoms with Crippen molar-refractivity contribution < 1.29 is 9.13 Å². The fourth-order valence-corrected chi connectivity index (χ4v) is 1.38. The Hall–Kier alpha value is -2.10. The minimum atomic E-state index is -0.440. The van der Waals surface area contributed by atoms with Gasteiger partial charge in [0, 0.05) is 6.07 Å². The molecule has 1 heterocycles. The fourth-order valence-electron chi connectivity index (χ4n) is 1.38. The van der Waals surface area contributed by atoms with Crippen molar-refractivity contribution in [3.8, 4) is 11.5 Å². The number of nitrogens with zero attached hydrogens (tertiary/aromatic N) is 1. The number of ether oxygens (including phenoxy) is 1. The summed E-state index contributed by atoms with van der Waals surface area (Å²) < 4.78 is 18.4. The number of hydrogen-bond donors (Lipinski definition) is 1. The first-order valence-corrected chi connectivity index (χ1v) is 4.80. The summed E-state index contributed by atoms with van der Waals surface area (Å²) in [5.41, 5.74) is 7.18. The van der Waals surface area contributed by atoms with Crippen LogP contribution in [0.25, 0.3) is 0 Å². The maximum absolute atomic E-state index is 12.9. The van der Waals surface area contributed by atoms with Crippen LogP contribution in [-0.4, -0.2) is 4.98 Å². The van der Waals surface area contributed by atoms with E-state index < -0.39 is 5.82 Å². The van der Waals surface area contributed by atoms with Crippen molar-refractivity contribution in [1.82, 2.24) is 4.98 Å². The Bertz CT molecular complexity index is 494. The number of nitrogens with two attached hydrogens (primary N) is 1. The summed E-state index contributed by atoms with van der Waals surface area (Å²) in [5.74, 6) is 0.431. The second-order valence-corrected chi connectivity index (χ2v) is 3.43. The van der Waals surface area contributed by atoms with Crippen molar-refractivity contribution >= 4 is 5.69 Å². The third kappa shape index (κ3) is 2.11. The standard InChI is InChI=1S/C12H11FN2O/c1-8-3-2-4-11(14)12(8)16-10-5-9(13)6-15-7-10/h2-7H,14H2,1H3. The molecule has 0 atom stereocenters. The van der Waals surface area contributed by atoms with Crippen LogP contribution >= 0.6 is 0 Å². The number of rotatable bonds is 2. The lowest BCUT2D eigenvalue weighted by Crippen LogP contribution is -1.95. The summed E-state index contributed by atoms with van der Waals surface area (Å²) in [6.45, 7) is 1.87. The molecule has 2 aromatic rings. The highest BCUT2D eigenvalue weighted by Crippen LogP contribution is 2.30. The SMILES string of the molecule is Cc1cccc(N)c1Oc1cncc(F)c1. The predicted octanol–water partition coefficient (Wildman–Crippen LogP) is 2.90. The first-order chi connectivity index (χ1) is 7.66. The summed E-state index contributed by atoms with van der Waals surface area (Å²) >= 11 is 0. The van der Waals surface area contributed by atoms with Crippen LogP contribution in [0.5, 0.6) is 11.5 Å². The molecule has 2 rings (SSSR count). The van der Waals surface area contributed by atoms with E-state index in [0.717, 1.165) is 11.8 Å². The molecule has 16 heavy (non-hydrogen) atoms. The number of nitrogen functional groups attached to an aromatic ring is 1. The van der Waals surface area contributed by atoms with Gasteiger partial charge in [-0.2, -0.15) is 0 Å². The number of para-hydroxylation sites is 1. The summed E-state index contributed by atoms with van der Waals surface area (Å²) in [6.07, 6.45) is 2.56. The Morgan fingerprint density at radius 3 is 2.81 bits per heavy atom. The van der Waals surface area contributed by atoms with Gasteiger partial charge in [0.1, 0.15) is 11.6 Å². The molecule has 0 bridgehead atoms. The maximum Gasteiger partial charge on any atom is 0.153 e. The lowest BCUT2D eigenvalue weighted by molar-refractivity contribution is 0.472. The number of hydrogen-bond acceptors (Lipinski definition) is 3. The molecule has 82 valence electrons. The molecule has 0 saturated carbocycles. The van der Waals surface area contributed by atoms with Gasteiger partial charge in [-0.3, -0.25) is 4.98 Å². The zero-order chi connectivity index (χ0) is 11.5. The Morgan fingerprint density at radius 1 is 1.31 bits per heavy atom. The first kappa shape index (κ1) is 10.4. The number of aryl methyl sites for hydroxylation is 1. The molecule has 0 saturated heterocycles. The summed E-state index contributed by atoms with van der Waals surface area (Å²) in [4.78, 5) is 3.70. The van der Waals surface area contributed by atoms with E-state index in [9.17, 15) is 4.39 Å².